The molecule has 1 fully saturated rings. The highest BCUT2D eigenvalue weighted by molar-refractivity contribution is 5.77. The van der Waals surface area contributed by atoms with Crippen molar-refractivity contribution < 1.29 is 0 Å². The molecule has 1 rings (SSSR count). The Hall–Kier alpha value is -0.570. The maximum Gasteiger partial charge on any atom is 0.0920 e. The van der Waals surface area contributed by atoms with Crippen molar-refractivity contribution in [3.63, 3.8) is 0 Å². The van der Waals surface area contributed by atoms with E-state index in [-0.39, 0.29) is 0 Å². The molecule has 82 valence electrons. The molecule has 1 aliphatic rings. The second kappa shape index (κ2) is 4.78. The largest absolute Gasteiger partial charge is 0.388 e. The normalized spacial score (nSPS) is 31.4. The van der Waals surface area contributed by atoms with Crippen LogP contribution in [0.3, 0.4) is 0 Å². The number of hydrogen-bond donors (Lipinski definition) is 2. The molecular formula is C11H23N3. The first-order valence-electron chi connectivity index (χ1n) is 5.57. The summed E-state index contributed by atoms with van der Waals surface area (Å²) < 4.78 is 0. The molecule has 3 nitrogen and oxygen atoms in total. The minimum absolute atomic E-state index is 0.309. The summed E-state index contributed by atoms with van der Waals surface area (Å²) in [6.07, 6.45) is 1.99. The van der Waals surface area contributed by atoms with Crippen molar-refractivity contribution in [3.05, 3.63) is 0 Å². The average molecular weight is 197 g/mol. The zero-order valence-electron chi connectivity index (χ0n) is 9.59. The van der Waals surface area contributed by atoms with Crippen molar-refractivity contribution in [1.29, 1.82) is 5.41 Å². The van der Waals surface area contributed by atoms with Gasteiger partial charge in [0.25, 0.3) is 0 Å². The average Bonchev–Trinajstić information content (AvgIpc) is 2.08. The minimum atomic E-state index is 0.309. The lowest BCUT2D eigenvalue weighted by Gasteiger charge is -2.38. The van der Waals surface area contributed by atoms with Gasteiger partial charge in [0.05, 0.1) is 5.84 Å². The third-order valence-electron chi connectivity index (χ3n) is 3.50. The third kappa shape index (κ3) is 2.98. The summed E-state index contributed by atoms with van der Waals surface area (Å²) in [7, 11) is 0. The van der Waals surface area contributed by atoms with Gasteiger partial charge in [0.1, 0.15) is 0 Å². The predicted molar refractivity (Wildman–Crippen MR) is 60.5 cm³/mol. The fraction of sp³-hybridized carbons (Fsp3) is 0.909. The molecule has 0 aromatic carbocycles. The summed E-state index contributed by atoms with van der Waals surface area (Å²) in [5.41, 5.74) is 5.42. The summed E-state index contributed by atoms with van der Waals surface area (Å²) in [5.74, 6) is 1.93. The Balaban J connectivity index is 2.41. The van der Waals surface area contributed by atoms with E-state index in [4.69, 9.17) is 11.1 Å². The SMILES string of the molecule is CC1CCN(C(C)CC(=N)N)CC1C. The van der Waals surface area contributed by atoms with Gasteiger partial charge in [-0.1, -0.05) is 13.8 Å². The molecule has 0 amide bonds. The predicted octanol–water partition coefficient (Wildman–Crippen LogP) is 1.68. The van der Waals surface area contributed by atoms with Gasteiger partial charge < -0.3 is 5.73 Å². The molecule has 0 saturated carbocycles. The van der Waals surface area contributed by atoms with E-state index in [9.17, 15) is 0 Å². The van der Waals surface area contributed by atoms with Gasteiger partial charge in [-0.25, -0.2) is 0 Å². The van der Waals surface area contributed by atoms with Crippen molar-refractivity contribution in [2.45, 2.75) is 39.7 Å². The quantitative estimate of drug-likeness (QED) is 0.534. The van der Waals surface area contributed by atoms with Crippen LogP contribution >= 0.6 is 0 Å². The summed E-state index contributed by atoms with van der Waals surface area (Å²) in [5, 5.41) is 7.28. The van der Waals surface area contributed by atoms with Gasteiger partial charge in [-0.15, -0.1) is 0 Å². The molecule has 3 atom stereocenters. The second-order valence-electron chi connectivity index (χ2n) is 4.82. The fourth-order valence-electron chi connectivity index (χ4n) is 2.14. The van der Waals surface area contributed by atoms with Gasteiger partial charge >= 0.3 is 0 Å². The lowest BCUT2D eigenvalue weighted by Crippen LogP contribution is -2.44. The molecule has 1 saturated heterocycles. The first-order chi connectivity index (χ1) is 6.50. The van der Waals surface area contributed by atoms with E-state index in [1.165, 1.54) is 13.0 Å². The maximum atomic E-state index is 7.28. The van der Waals surface area contributed by atoms with Gasteiger partial charge in [-0.2, -0.15) is 0 Å². The Kier molecular flexibility index (Phi) is 3.93. The number of piperidine rings is 1. The summed E-state index contributed by atoms with van der Waals surface area (Å²) in [6, 6.07) is 0.433. The summed E-state index contributed by atoms with van der Waals surface area (Å²) >= 11 is 0. The van der Waals surface area contributed by atoms with Crippen LogP contribution in [0.1, 0.15) is 33.6 Å². The highest BCUT2D eigenvalue weighted by Crippen LogP contribution is 2.24. The van der Waals surface area contributed by atoms with Crippen LogP contribution < -0.4 is 5.73 Å². The fourth-order valence-corrected chi connectivity index (χ4v) is 2.14. The van der Waals surface area contributed by atoms with Crippen molar-refractivity contribution in [3.8, 4) is 0 Å². The van der Waals surface area contributed by atoms with Crippen molar-refractivity contribution in [1.82, 2.24) is 4.90 Å². The van der Waals surface area contributed by atoms with Gasteiger partial charge in [-0.3, -0.25) is 10.3 Å². The molecule has 1 heterocycles. The van der Waals surface area contributed by atoms with Crippen LogP contribution in [0.25, 0.3) is 0 Å². The third-order valence-corrected chi connectivity index (χ3v) is 3.50. The van der Waals surface area contributed by atoms with E-state index in [0.29, 0.717) is 18.3 Å². The minimum Gasteiger partial charge on any atom is -0.388 e. The van der Waals surface area contributed by atoms with Crippen molar-refractivity contribution in [2.75, 3.05) is 13.1 Å². The van der Waals surface area contributed by atoms with E-state index in [1.54, 1.807) is 0 Å². The Morgan fingerprint density at radius 3 is 2.64 bits per heavy atom. The first kappa shape index (κ1) is 11.5. The van der Waals surface area contributed by atoms with Gasteiger partial charge in [0, 0.05) is 19.0 Å². The highest BCUT2D eigenvalue weighted by Gasteiger charge is 2.25. The lowest BCUT2D eigenvalue weighted by atomic mass is 9.88. The molecule has 0 aromatic rings. The van der Waals surface area contributed by atoms with Crippen LogP contribution in [0.4, 0.5) is 0 Å². The molecule has 3 unspecified atom stereocenters. The van der Waals surface area contributed by atoms with E-state index in [0.717, 1.165) is 18.4 Å². The first-order valence-corrected chi connectivity index (χ1v) is 5.57. The summed E-state index contributed by atoms with van der Waals surface area (Å²) in [6.45, 7) is 9.15. The molecule has 0 aromatic heterocycles. The molecule has 0 radical (unpaired) electrons. The van der Waals surface area contributed by atoms with Crippen LogP contribution in [0.5, 0.6) is 0 Å². The van der Waals surface area contributed by atoms with Gasteiger partial charge in [-0.05, 0) is 31.7 Å². The van der Waals surface area contributed by atoms with E-state index in [1.807, 2.05) is 0 Å². The highest BCUT2D eigenvalue weighted by atomic mass is 15.2. The van der Waals surface area contributed by atoms with E-state index >= 15 is 0 Å². The molecule has 0 spiro atoms. The monoisotopic (exact) mass is 197 g/mol. The Labute approximate surface area is 87.2 Å². The molecule has 3 N–H and O–H groups in total. The van der Waals surface area contributed by atoms with Crippen LogP contribution in [0.2, 0.25) is 0 Å². The zero-order valence-corrected chi connectivity index (χ0v) is 9.59. The smallest absolute Gasteiger partial charge is 0.0920 e. The molecular weight excluding hydrogens is 174 g/mol. The summed E-state index contributed by atoms with van der Waals surface area (Å²) in [4.78, 5) is 2.46. The number of likely N-dealkylation sites (tertiary alicyclic amines) is 1. The van der Waals surface area contributed by atoms with Gasteiger partial charge in [0.15, 0.2) is 0 Å². The van der Waals surface area contributed by atoms with E-state index < -0.39 is 0 Å². The Bertz CT molecular complexity index is 203. The number of nitrogens with one attached hydrogen (secondary N) is 1. The number of amidine groups is 1. The van der Waals surface area contributed by atoms with Crippen LogP contribution in [0.15, 0.2) is 0 Å². The van der Waals surface area contributed by atoms with Crippen molar-refractivity contribution in [2.24, 2.45) is 17.6 Å². The topological polar surface area (TPSA) is 53.1 Å². The van der Waals surface area contributed by atoms with Crippen LogP contribution in [-0.4, -0.2) is 29.9 Å². The maximum absolute atomic E-state index is 7.28. The number of rotatable bonds is 3. The number of nitrogens with two attached hydrogens (primary N) is 1. The van der Waals surface area contributed by atoms with Gasteiger partial charge in [0.2, 0.25) is 0 Å². The number of nitrogens with zero attached hydrogens (tertiary/aromatic N) is 1. The Morgan fingerprint density at radius 1 is 1.50 bits per heavy atom. The molecule has 14 heavy (non-hydrogen) atoms. The van der Waals surface area contributed by atoms with Crippen molar-refractivity contribution >= 4 is 5.84 Å². The number of hydrogen-bond acceptors (Lipinski definition) is 2. The zero-order chi connectivity index (χ0) is 10.7. The molecule has 1 aliphatic heterocycles. The Morgan fingerprint density at radius 2 is 2.14 bits per heavy atom. The lowest BCUT2D eigenvalue weighted by molar-refractivity contribution is 0.105. The van der Waals surface area contributed by atoms with E-state index in [2.05, 4.69) is 25.7 Å². The standard InChI is InChI=1S/C11H23N3/c1-8-4-5-14(7-9(8)2)10(3)6-11(12)13/h8-10H,4-7H2,1-3H3,(H3,12,13). The molecule has 0 aliphatic carbocycles. The molecule has 3 heteroatoms. The molecule has 0 bridgehead atoms. The second-order valence-corrected chi connectivity index (χ2v) is 4.82. The van der Waals surface area contributed by atoms with Crippen LogP contribution in [0, 0.1) is 17.2 Å². The van der Waals surface area contributed by atoms with Crippen LogP contribution in [-0.2, 0) is 0 Å².